The number of anilines is 2. The van der Waals surface area contributed by atoms with Crippen molar-refractivity contribution >= 4 is 11.5 Å². The zero-order chi connectivity index (χ0) is 11.8. The van der Waals surface area contributed by atoms with E-state index in [4.69, 9.17) is 5.73 Å². The summed E-state index contributed by atoms with van der Waals surface area (Å²) in [6.45, 7) is 2.33. The fraction of sp³-hybridized carbons (Fsp3) is 0.636. The molecule has 92 valence electrons. The Morgan fingerprint density at radius 3 is 3.24 bits per heavy atom. The third kappa shape index (κ3) is 1.78. The Morgan fingerprint density at radius 2 is 2.35 bits per heavy atom. The number of nitrogens with two attached hydrogens (primary N) is 1. The van der Waals surface area contributed by atoms with Crippen molar-refractivity contribution in [2.45, 2.75) is 31.3 Å². The quantitative estimate of drug-likeness (QED) is 0.671. The molecule has 0 amide bonds. The predicted octanol–water partition coefficient (Wildman–Crippen LogP) is 0.000700. The number of hydrogen-bond acceptors (Lipinski definition) is 5. The van der Waals surface area contributed by atoms with E-state index in [1.807, 2.05) is 0 Å². The van der Waals surface area contributed by atoms with Crippen LogP contribution in [0.5, 0.6) is 0 Å². The number of nitrogens with zero attached hydrogens (tertiary/aromatic N) is 2. The van der Waals surface area contributed by atoms with Crippen LogP contribution in [0.1, 0.15) is 19.3 Å². The molecule has 1 aromatic heterocycles. The van der Waals surface area contributed by atoms with E-state index >= 15 is 0 Å². The molecule has 2 fully saturated rings. The maximum atomic E-state index is 11.4. The highest BCUT2D eigenvalue weighted by Gasteiger charge is 2.37. The Morgan fingerprint density at radius 1 is 1.47 bits per heavy atom. The molecule has 2 saturated heterocycles. The Labute approximate surface area is 99.2 Å². The molecular formula is C11H17N5O. The molecule has 0 aromatic carbocycles. The maximum Gasteiger partial charge on any atom is 0.276 e. The molecule has 4 N–H and O–H groups in total. The van der Waals surface area contributed by atoms with Crippen LogP contribution in [0.25, 0.3) is 0 Å². The van der Waals surface area contributed by atoms with E-state index in [1.54, 1.807) is 0 Å². The van der Waals surface area contributed by atoms with Gasteiger partial charge in [-0.2, -0.15) is 0 Å². The number of nitrogen functional groups attached to an aromatic ring is 1. The molecule has 17 heavy (non-hydrogen) atoms. The number of aromatic nitrogens is 2. The molecule has 6 heteroatoms. The van der Waals surface area contributed by atoms with Crippen molar-refractivity contribution in [1.29, 1.82) is 0 Å². The topological polar surface area (TPSA) is 87.0 Å². The first-order chi connectivity index (χ1) is 8.25. The third-order valence-electron chi connectivity index (χ3n) is 3.82. The Bertz CT molecular complexity index is 471. The second kappa shape index (κ2) is 4.03. The fourth-order valence-electron chi connectivity index (χ4n) is 2.95. The molecule has 2 atom stereocenters. The van der Waals surface area contributed by atoms with Crippen molar-refractivity contribution in [1.82, 2.24) is 14.9 Å². The fourth-order valence-corrected chi connectivity index (χ4v) is 2.95. The third-order valence-corrected chi connectivity index (χ3v) is 3.82. The zero-order valence-corrected chi connectivity index (χ0v) is 9.65. The highest BCUT2D eigenvalue weighted by atomic mass is 16.1. The SMILES string of the molecule is Nc1c(NC2CCN3CCCC23)nc[nH]c1=O. The number of nitrogens with one attached hydrogen (secondary N) is 2. The van der Waals surface area contributed by atoms with Gasteiger partial charge in [0.1, 0.15) is 5.69 Å². The lowest BCUT2D eigenvalue weighted by atomic mass is 10.1. The van der Waals surface area contributed by atoms with Gasteiger partial charge < -0.3 is 16.0 Å². The van der Waals surface area contributed by atoms with Crippen LogP contribution in [-0.4, -0.2) is 40.0 Å². The van der Waals surface area contributed by atoms with Crippen molar-refractivity contribution in [3.05, 3.63) is 16.7 Å². The van der Waals surface area contributed by atoms with E-state index in [0.717, 1.165) is 13.0 Å². The first kappa shape index (κ1) is 10.6. The van der Waals surface area contributed by atoms with Crippen LogP contribution in [0.2, 0.25) is 0 Å². The summed E-state index contributed by atoms with van der Waals surface area (Å²) in [4.78, 5) is 20.4. The lowest BCUT2D eigenvalue weighted by molar-refractivity contribution is 0.318. The lowest BCUT2D eigenvalue weighted by Gasteiger charge is -2.21. The van der Waals surface area contributed by atoms with Crippen LogP contribution >= 0.6 is 0 Å². The monoisotopic (exact) mass is 235 g/mol. The first-order valence-electron chi connectivity index (χ1n) is 6.09. The van der Waals surface area contributed by atoms with E-state index < -0.39 is 0 Å². The van der Waals surface area contributed by atoms with E-state index in [0.29, 0.717) is 17.9 Å². The Balaban J connectivity index is 1.79. The number of rotatable bonds is 2. The number of aromatic amines is 1. The van der Waals surface area contributed by atoms with Crippen LogP contribution in [0.3, 0.4) is 0 Å². The van der Waals surface area contributed by atoms with Gasteiger partial charge in [0, 0.05) is 18.6 Å². The van der Waals surface area contributed by atoms with Gasteiger partial charge in [0.05, 0.1) is 6.33 Å². The summed E-state index contributed by atoms with van der Waals surface area (Å²) in [6.07, 6.45) is 4.98. The lowest BCUT2D eigenvalue weighted by Crippen LogP contribution is -2.34. The minimum Gasteiger partial charge on any atom is -0.391 e. The highest BCUT2D eigenvalue weighted by Crippen LogP contribution is 2.30. The Hall–Kier alpha value is -1.56. The van der Waals surface area contributed by atoms with Gasteiger partial charge in [-0.1, -0.05) is 0 Å². The summed E-state index contributed by atoms with van der Waals surface area (Å²) in [5.41, 5.74) is 5.63. The molecule has 3 rings (SSSR count). The summed E-state index contributed by atoms with van der Waals surface area (Å²) in [5.74, 6) is 0.521. The Kier molecular flexibility index (Phi) is 2.51. The minimum atomic E-state index is -0.274. The molecule has 0 bridgehead atoms. The summed E-state index contributed by atoms with van der Waals surface area (Å²) in [5, 5.41) is 3.32. The predicted molar refractivity (Wildman–Crippen MR) is 65.9 cm³/mol. The van der Waals surface area contributed by atoms with Crippen LogP contribution in [0.15, 0.2) is 11.1 Å². The van der Waals surface area contributed by atoms with Crippen LogP contribution < -0.4 is 16.6 Å². The van der Waals surface area contributed by atoms with Crippen LogP contribution in [0, 0.1) is 0 Å². The normalized spacial score (nSPS) is 28.2. The van der Waals surface area contributed by atoms with E-state index in [9.17, 15) is 4.79 Å². The molecule has 6 nitrogen and oxygen atoms in total. The standard InChI is InChI=1S/C11H17N5O/c12-9-10(13-6-14-11(9)17)15-7-3-5-16-4-1-2-8(7)16/h6-8H,1-5,12H2,(H2,13,14,15,17). The molecule has 3 heterocycles. The van der Waals surface area contributed by atoms with Crippen molar-refractivity contribution in [3.63, 3.8) is 0 Å². The van der Waals surface area contributed by atoms with Gasteiger partial charge in [-0.25, -0.2) is 4.98 Å². The molecule has 2 aliphatic rings. The van der Waals surface area contributed by atoms with Gasteiger partial charge in [-0.3, -0.25) is 9.69 Å². The first-order valence-corrected chi connectivity index (χ1v) is 6.09. The average Bonchev–Trinajstić information content (AvgIpc) is 2.89. The molecule has 0 saturated carbocycles. The zero-order valence-electron chi connectivity index (χ0n) is 9.65. The van der Waals surface area contributed by atoms with Crippen LogP contribution in [-0.2, 0) is 0 Å². The molecule has 0 radical (unpaired) electrons. The smallest absolute Gasteiger partial charge is 0.276 e. The van der Waals surface area contributed by atoms with Crippen LogP contribution in [0.4, 0.5) is 11.5 Å². The number of H-pyrrole nitrogens is 1. The highest BCUT2D eigenvalue weighted by molar-refractivity contribution is 5.59. The molecular weight excluding hydrogens is 218 g/mol. The van der Waals surface area contributed by atoms with E-state index in [2.05, 4.69) is 20.2 Å². The second-order valence-electron chi connectivity index (χ2n) is 4.78. The summed E-state index contributed by atoms with van der Waals surface area (Å²) in [7, 11) is 0. The molecule has 2 aliphatic heterocycles. The van der Waals surface area contributed by atoms with E-state index in [1.165, 1.54) is 25.7 Å². The van der Waals surface area contributed by atoms with Gasteiger partial charge in [-0.05, 0) is 25.8 Å². The molecule has 0 spiro atoms. The van der Waals surface area contributed by atoms with Gasteiger partial charge in [0.15, 0.2) is 5.82 Å². The largest absolute Gasteiger partial charge is 0.391 e. The molecule has 2 unspecified atom stereocenters. The van der Waals surface area contributed by atoms with Crippen molar-refractivity contribution < 1.29 is 0 Å². The molecule has 1 aromatic rings. The number of hydrogen-bond donors (Lipinski definition) is 3. The van der Waals surface area contributed by atoms with Crippen molar-refractivity contribution in [2.75, 3.05) is 24.1 Å². The van der Waals surface area contributed by atoms with Crippen molar-refractivity contribution in [2.24, 2.45) is 0 Å². The molecule has 0 aliphatic carbocycles. The summed E-state index contributed by atoms with van der Waals surface area (Å²) in [6, 6.07) is 0.949. The van der Waals surface area contributed by atoms with Gasteiger partial charge in [-0.15, -0.1) is 0 Å². The van der Waals surface area contributed by atoms with Crippen molar-refractivity contribution in [3.8, 4) is 0 Å². The van der Waals surface area contributed by atoms with Gasteiger partial charge >= 0.3 is 0 Å². The van der Waals surface area contributed by atoms with Gasteiger partial charge in [0.25, 0.3) is 5.56 Å². The van der Waals surface area contributed by atoms with Gasteiger partial charge in [0.2, 0.25) is 0 Å². The summed E-state index contributed by atoms with van der Waals surface area (Å²) >= 11 is 0. The minimum absolute atomic E-state index is 0.184. The summed E-state index contributed by atoms with van der Waals surface area (Å²) < 4.78 is 0. The second-order valence-corrected chi connectivity index (χ2v) is 4.78. The average molecular weight is 235 g/mol. The maximum absolute atomic E-state index is 11.4. The van der Waals surface area contributed by atoms with E-state index in [-0.39, 0.29) is 11.2 Å². The number of fused-ring (bicyclic) bond motifs is 1.